The quantitative estimate of drug-likeness (QED) is 0.484. The highest BCUT2D eigenvalue weighted by Crippen LogP contribution is 2.39. The molecule has 2 aromatic rings. The molecular weight excluding hydrogens is 431 g/mol. The van der Waals surface area contributed by atoms with Gasteiger partial charge in [0.25, 0.3) is 0 Å². The molecule has 0 atom stereocenters. The maximum atomic E-state index is 5.87. The van der Waals surface area contributed by atoms with Crippen LogP contribution in [-0.2, 0) is 0 Å². The van der Waals surface area contributed by atoms with E-state index in [0.29, 0.717) is 13.2 Å². The molecule has 2 aromatic carbocycles. The molecule has 2 N–H and O–H groups in total. The summed E-state index contributed by atoms with van der Waals surface area (Å²) >= 11 is 1.95. The van der Waals surface area contributed by atoms with Crippen molar-refractivity contribution >= 4 is 42.3 Å². The molecule has 29 heavy (non-hydrogen) atoms. The molecule has 1 fully saturated rings. The number of anilines is 1. The fraction of sp³-hybridized carbons (Fsp3) is 0.429. The molecule has 5 nitrogen and oxygen atoms in total. The van der Waals surface area contributed by atoms with Crippen molar-refractivity contribution in [3.05, 3.63) is 48.5 Å². The molecular formula is C21H30Cl2N2O3S. The first-order valence-corrected chi connectivity index (χ1v) is 10.4. The van der Waals surface area contributed by atoms with Gasteiger partial charge in [0.15, 0.2) is 11.5 Å². The van der Waals surface area contributed by atoms with Crippen molar-refractivity contribution in [3.63, 3.8) is 0 Å². The van der Waals surface area contributed by atoms with Gasteiger partial charge in [-0.25, -0.2) is 0 Å². The highest BCUT2D eigenvalue weighted by Gasteiger charge is 2.23. The van der Waals surface area contributed by atoms with Gasteiger partial charge in [-0.1, -0.05) is 24.3 Å². The Balaban J connectivity index is 0.00000140. The minimum absolute atomic E-state index is 0. The lowest BCUT2D eigenvalue weighted by atomic mass is 10.2. The summed E-state index contributed by atoms with van der Waals surface area (Å²) in [6, 6.07) is 16.9. The maximum Gasteiger partial charge on any atom is 0.184 e. The first-order chi connectivity index (χ1) is 12.9. The van der Waals surface area contributed by atoms with Crippen LogP contribution in [-0.4, -0.2) is 62.1 Å². The van der Waals surface area contributed by atoms with E-state index in [-0.39, 0.29) is 30.3 Å². The van der Waals surface area contributed by atoms with Crippen LogP contribution in [0.2, 0.25) is 0 Å². The molecule has 8 heteroatoms. The second kappa shape index (κ2) is 13.1. The predicted molar refractivity (Wildman–Crippen MR) is 126 cm³/mol. The number of para-hydroxylation sites is 1. The third-order valence-electron chi connectivity index (χ3n) is 4.89. The third kappa shape index (κ3) is 6.86. The van der Waals surface area contributed by atoms with E-state index in [1.54, 1.807) is 0 Å². The third-order valence-corrected chi connectivity index (χ3v) is 5.99. The monoisotopic (exact) mass is 460 g/mol. The lowest BCUT2D eigenvalue weighted by Crippen LogP contribution is -2.46. The van der Waals surface area contributed by atoms with Crippen LogP contribution in [0.1, 0.15) is 6.42 Å². The molecule has 0 unspecified atom stereocenters. The number of fused-ring (bicyclic) bond motifs is 1. The number of thioether (sulfide) groups is 1. The van der Waals surface area contributed by atoms with E-state index in [1.807, 2.05) is 17.8 Å². The Morgan fingerprint density at radius 1 is 0.828 bits per heavy atom. The van der Waals surface area contributed by atoms with Crippen LogP contribution in [0.3, 0.4) is 0 Å². The normalized spacial score (nSPS) is 15.5. The fourth-order valence-corrected chi connectivity index (χ4v) is 4.37. The van der Waals surface area contributed by atoms with E-state index in [4.69, 9.17) is 9.47 Å². The summed E-state index contributed by atoms with van der Waals surface area (Å²) < 4.78 is 11.6. The smallest absolute Gasteiger partial charge is 0.184 e. The van der Waals surface area contributed by atoms with E-state index in [0.717, 1.165) is 37.7 Å². The lowest BCUT2D eigenvalue weighted by molar-refractivity contribution is 0.171. The Hall–Kier alpha value is -1.31. The van der Waals surface area contributed by atoms with Crippen molar-refractivity contribution in [2.75, 3.05) is 56.6 Å². The average molecular weight is 461 g/mol. The lowest BCUT2D eigenvalue weighted by Gasteiger charge is -2.37. The van der Waals surface area contributed by atoms with Crippen molar-refractivity contribution in [3.8, 4) is 11.5 Å². The zero-order chi connectivity index (χ0) is 17.6. The van der Waals surface area contributed by atoms with Crippen molar-refractivity contribution in [2.24, 2.45) is 0 Å². The van der Waals surface area contributed by atoms with Gasteiger partial charge < -0.3 is 19.8 Å². The number of hydrogen-bond donors (Lipinski definition) is 0. The summed E-state index contributed by atoms with van der Waals surface area (Å²) in [6.07, 6.45) is 1.23. The van der Waals surface area contributed by atoms with Gasteiger partial charge in [0.05, 0.1) is 5.69 Å². The summed E-state index contributed by atoms with van der Waals surface area (Å²) in [7, 11) is 0. The standard InChI is InChI=1S/C21H26N2O2S.2ClH.H2O/c1-2-6-18(7-3-1)26-17-5-10-22-11-13-23(14-12-22)19-8-4-9-20-21(19)25-16-15-24-20;;;/h1-4,6-9H,5,10-17H2;2*1H;1H2. The summed E-state index contributed by atoms with van der Waals surface area (Å²) in [5.41, 5.74) is 1.18. The van der Waals surface area contributed by atoms with Crippen LogP contribution in [0, 0.1) is 0 Å². The molecule has 4 rings (SSSR count). The number of nitrogens with zero attached hydrogens (tertiary/aromatic N) is 2. The van der Waals surface area contributed by atoms with E-state index in [9.17, 15) is 0 Å². The Morgan fingerprint density at radius 2 is 1.55 bits per heavy atom. The number of hydrogen-bond acceptors (Lipinski definition) is 5. The molecule has 0 bridgehead atoms. The zero-order valence-corrected chi connectivity index (χ0v) is 18.9. The van der Waals surface area contributed by atoms with E-state index >= 15 is 0 Å². The van der Waals surface area contributed by atoms with Crippen molar-refractivity contribution < 1.29 is 14.9 Å². The van der Waals surface area contributed by atoms with Crippen LogP contribution in [0.25, 0.3) is 0 Å². The number of rotatable bonds is 6. The molecule has 0 spiro atoms. The molecule has 0 saturated carbocycles. The highest BCUT2D eigenvalue weighted by atomic mass is 35.5. The molecule has 1 saturated heterocycles. The molecule has 2 aliphatic heterocycles. The van der Waals surface area contributed by atoms with Gasteiger partial charge >= 0.3 is 0 Å². The first kappa shape index (κ1) is 25.7. The Labute approximate surface area is 189 Å². The molecule has 0 aromatic heterocycles. The van der Waals surface area contributed by atoms with E-state index in [1.165, 1.54) is 29.3 Å². The minimum Gasteiger partial charge on any atom is -0.486 e. The number of benzene rings is 2. The van der Waals surface area contributed by atoms with Gasteiger partial charge in [0, 0.05) is 31.1 Å². The highest BCUT2D eigenvalue weighted by molar-refractivity contribution is 7.99. The molecule has 0 amide bonds. The van der Waals surface area contributed by atoms with Crippen LogP contribution in [0.15, 0.2) is 53.4 Å². The topological polar surface area (TPSA) is 56.4 Å². The predicted octanol–water partition coefficient (Wildman–Crippen LogP) is 3.78. The Bertz CT molecular complexity index is 716. The largest absolute Gasteiger partial charge is 0.486 e. The second-order valence-corrected chi connectivity index (χ2v) is 7.81. The minimum atomic E-state index is 0. The maximum absolute atomic E-state index is 5.87. The molecule has 2 heterocycles. The number of halogens is 2. The van der Waals surface area contributed by atoms with Crippen molar-refractivity contribution in [2.45, 2.75) is 11.3 Å². The second-order valence-electron chi connectivity index (χ2n) is 6.65. The number of ether oxygens (including phenoxy) is 2. The van der Waals surface area contributed by atoms with Crippen LogP contribution in [0.4, 0.5) is 5.69 Å². The van der Waals surface area contributed by atoms with Crippen LogP contribution >= 0.6 is 36.6 Å². The SMILES string of the molecule is Cl.Cl.O.c1ccc(SCCCN2CCN(c3cccc4c3OCCO4)CC2)cc1. The van der Waals surface area contributed by atoms with Gasteiger partial charge in [-0.15, -0.1) is 36.6 Å². The summed E-state index contributed by atoms with van der Waals surface area (Å²) in [4.78, 5) is 6.38. The van der Waals surface area contributed by atoms with Crippen LogP contribution < -0.4 is 14.4 Å². The van der Waals surface area contributed by atoms with Crippen LogP contribution in [0.5, 0.6) is 11.5 Å². The van der Waals surface area contributed by atoms with Crippen molar-refractivity contribution in [1.29, 1.82) is 0 Å². The van der Waals surface area contributed by atoms with Gasteiger partial charge in [0.1, 0.15) is 13.2 Å². The summed E-state index contributed by atoms with van der Waals surface area (Å²) in [5.74, 6) is 2.99. The van der Waals surface area contributed by atoms with Gasteiger partial charge in [-0.2, -0.15) is 0 Å². The molecule has 0 radical (unpaired) electrons. The number of piperazine rings is 1. The molecule has 162 valence electrons. The van der Waals surface area contributed by atoms with Gasteiger partial charge in [-0.3, -0.25) is 4.90 Å². The fourth-order valence-electron chi connectivity index (χ4n) is 3.51. The summed E-state index contributed by atoms with van der Waals surface area (Å²) in [6.45, 7) is 6.78. The molecule has 0 aliphatic carbocycles. The van der Waals surface area contributed by atoms with E-state index < -0.39 is 0 Å². The molecule has 2 aliphatic rings. The summed E-state index contributed by atoms with van der Waals surface area (Å²) in [5, 5.41) is 0. The van der Waals surface area contributed by atoms with Crippen molar-refractivity contribution in [1.82, 2.24) is 4.90 Å². The Kier molecular flexibility index (Phi) is 11.6. The zero-order valence-electron chi connectivity index (χ0n) is 16.4. The first-order valence-electron chi connectivity index (χ1n) is 9.44. The van der Waals surface area contributed by atoms with Gasteiger partial charge in [-0.05, 0) is 43.0 Å². The van der Waals surface area contributed by atoms with Gasteiger partial charge in [0.2, 0.25) is 0 Å². The Morgan fingerprint density at radius 3 is 2.31 bits per heavy atom. The average Bonchev–Trinajstić information content (AvgIpc) is 2.72. The van der Waals surface area contributed by atoms with E-state index in [2.05, 4.69) is 52.3 Å².